The predicted octanol–water partition coefficient (Wildman–Crippen LogP) is 2.77. The molecule has 0 atom stereocenters. The third-order valence-corrected chi connectivity index (χ3v) is 4.09. The molecule has 1 aliphatic heterocycles. The molecule has 0 fully saturated rings. The molecule has 2 heterocycles. The SMILES string of the molecule is O=C(c1n[nH]c2ccccc12)N1CCNc2cc(F)ccc2C1. The lowest BCUT2D eigenvalue weighted by Gasteiger charge is -2.19. The van der Waals surface area contributed by atoms with Gasteiger partial charge in [0.15, 0.2) is 5.69 Å². The van der Waals surface area contributed by atoms with Gasteiger partial charge in [-0.1, -0.05) is 24.3 Å². The van der Waals surface area contributed by atoms with Gasteiger partial charge in [0.05, 0.1) is 5.52 Å². The van der Waals surface area contributed by atoms with Crippen molar-refractivity contribution in [2.75, 3.05) is 18.4 Å². The number of para-hydroxylation sites is 1. The van der Waals surface area contributed by atoms with Crippen molar-refractivity contribution in [2.24, 2.45) is 0 Å². The van der Waals surface area contributed by atoms with Crippen molar-refractivity contribution in [3.05, 3.63) is 59.5 Å². The Kier molecular flexibility index (Phi) is 3.22. The summed E-state index contributed by atoms with van der Waals surface area (Å²) in [4.78, 5) is 14.6. The minimum Gasteiger partial charge on any atom is -0.383 e. The zero-order valence-corrected chi connectivity index (χ0v) is 12.3. The number of benzene rings is 2. The molecule has 0 saturated heterocycles. The summed E-state index contributed by atoms with van der Waals surface area (Å²) < 4.78 is 13.3. The fourth-order valence-corrected chi connectivity index (χ4v) is 2.91. The molecule has 0 radical (unpaired) electrons. The third kappa shape index (κ3) is 2.42. The molecule has 3 aromatic rings. The molecule has 1 aromatic heterocycles. The second-order valence-corrected chi connectivity index (χ2v) is 5.57. The van der Waals surface area contributed by atoms with Crippen LogP contribution in [-0.4, -0.2) is 34.1 Å². The first-order valence-electron chi connectivity index (χ1n) is 7.47. The lowest BCUT2D eigenvalue weighted by molar-refractivity contribution is 0.0749. The summed E-state index contributed by atoms with van der Waals surface area (Å²) in [5.41, 5.74) is 2.90. The summed E-state index contributed by atoms with van der Waals surface area (Å²) in [6.45, 7) is 1.55. The number of anilines is 1. The van der Waals surface area contributed by atoms with Gasteiger partial charge in [-0.25, -0.2) is 4.39 Å². The first-order valence-corrected chi connectivity index (χ1v) is 7.47. The van der Waals surface area contributed by atoms with Gasteiger partial charge in [-0.15, -0.1) is 0 Å². The van der Waals surface area contributed by atoms with E-state index in [1.54, 1.807) is 11.0 Å². The predicted molar refractivity (Wildman–Crippen MR) is 85.7 cm³/mol. The minimum atomic E-state index is -0.283. The molecule has 0 saturated carbocycles. The molecule has 2 aromatic carbocycles. The van der Waals surface area contributed by atoms with Crippen LogP contribution >= 0.6 is 0 Å². The molecule has 116 valence electrons. The maximum atomic E-state index is 13.3. The van der Waals surface area contributed by atoms with E-state index in [1.165, 1.54) is 12.1 Å². The number of halogens is 1. The number of hydrogen-bond acceptors (Lipinski definition) is 3. The van der Waals surface area contributed by atoms with Gasteiger partial charge < -0.3 is 10.2 Å². The van der Waals surface area contributed by atoms with Crippen LogP contribution in [0.1, 0.15) is 16.1 Å². The molecule has 23 heavy (non-hydrogen) atoms. The van der Waals surface area contributed by atoms with E-state index < -0.39 is 0 Å². The summed E-state index contributed by atoms with van der Waals surface area (Å²) in [5, 5.41) is 11.0. The van der Waals surface area contributed by atoms with Crippen molar-refractivity contribution >= 4 is 22.5 Å². The second-order valence-electron chi connectivity index (χ2n) is 5.57. The number of amides is 1. The second kappa shape index (κ2) is 5.39. The molecular formula is C17H15FN4O. The summed E-state index contributed by atoms with van der Waals surface area (Å²) in [5.74, 6) is -0.407. The van der Waals surface area contributed by atoms with Gasteiger partial charge in [0.2, 0.25) is 0 Å². The number of aromatic nitrogens is 2. The quantitative estimate of drug-likeness (QED) is 0.726. The zero-order valence-electron chi connectivity index (χ0n) is 12.3. The first kappa shape index (κ1) is 13.8. The van der Waals surface area contributed by atoms with Gasteiger partial charge in [0, 0.05) is 30.7 Å². The van der Waals surface area contributed by atoms with Crippen LogP contribution in [0.3, 0.4) is 0 Å². The lowest BCUT2D eigenvalue weighted by Crippen LogP contribution is -2.33. The monoisotopic (exact) mass is 310 g/mol. The van der Waals surface area contributed by atoms with E-state index in [4.69, 9.17) is 0 Å². The van der Waals surface area contributed by atoms with Crippen LogP contribution in [0.4, 0.5) is 10.1 Å². The number of carbonyl (C=O) groups excluding carboxylic acids is 1. The summed E-state index contributed by atoms with van der Waals surface area (Å²) in [6.07, 6.45) is 0. The van der Waals surface area contributed by atoms with E-state index in [1.807, 2.05) is 24.3 Å². The fraction of sp³-hybridized carbons (Fsp3) is 0.176. The lowest BCUT2D eigenvalue weighted by atomic mass is 10.1. The molecule has 4 rings (SSSR count). The summed E-state index contributed by atoms with van der Waals surface area (Å²) >= 11 is 0. The number of H-pyrrole nitrogens is 1. The summed E-state index contributed by atoms with van der Waals surface area (Å²) in [6, 6.07) is 12.1. The summed E-state index contributed by atoms with van der Waals surface area (Å²) in [7, 11) is 0. The molecule has 0 aliphatic carbocycles. The molecule has 5 nitrogen and oxygen atoms in total. The minimum absolute atomic E-state index is 0.124. The Morgan fingerprint density at radius 3 is 3.00 bits per heavy atom. The Morgan fingerprint density at radius 1 is 1.22 bits per heavy atom. The zero-order chi connectivity index (χ0) is 15.8. The van der Waals surface area contributed by atoms with E-state index in [9.17, 15) is 9.18 Å². The van der Waals surface area contributed by atoms with Crippen molar-refractivity contribution in [1.82, 2.24) is 15.1 Å². The number of nitrogens with zero attached hydrogens (tertiary/aromatic N) is 2. The molecule has 0 spiro atoms. The topological polar surface area (TPSA) is 61.0 Å². The normalized spacial score (nSPS) is 14.2. The van der Waals surface area contributed by atoms with Gasteiger partial charge in [-0.3, -0.25) is 9.89 Å². The van der Waals surface area contributed by atoms with Crippen LogP contribution in [0.25, 0.3) is 10.9 Å². The third-order valence-electron chi connectivity index (χ3n) is 4.09. The van der Waals surface area contributed by atoms with E-state index in [0.29, 0.717) is 25.3 Å². The highest BCUT2D eigenvalue weighted by Gasteiger charge is 2.23. The van der Waals surface area contributed by atoms with Crippen molar-refractivity contribution in [2.45, 2.75) is 6.54 Å². The van der Waals surface area contributed by atoms with Gasteiger partial charge >= 0.3 is 0 Å². The number of nitrogens with one attached hydrogen (secondary N) is 2. The number of fused-ring (bicyclic) bond motifs is 2. The van der Waals surface area contributed by atoms with E-state index in [0.717, 1.165) is 22.2 Å². The molecule has 0 bridgehead atoms. The van der Waals surface area contributed by atoms with Crippen LogP contribution in [0.2, 0.25) is 0 Å². The van der Waals surface area contributed by atoms with E-state index >= 15 is 0 Å². The highest BCUT2D eigenvalue weighted by Crippen LogP contribution is 2.23. The Labute approximate surface area is 132 Å². The maximum Gasteiger partial charge on any atom is 0.275 e. The first-order chi connectivity index (χ1) is 11.2. The van der Waals surface area contributed by atoms with E-state index in [2.05, 4.69) is 15.5 Å². The smallest absolute Gasteiger partial charge is 0.275 e. The maximum absolute atomic E-state index is 13.3. The molecule has 2 N–H and O–H groups in total. The van der Waals surface area contributed by atoms with Gasteiger partial charge in [-0.05, 0) is 23.8 Å². The molecular weight excluding hydrogens is 295 g/mol. The van der Waals surface area contributed by atoms with Crippen LogP contribution < -0.4 is 5.32 Å². The van der Waals surface area contributed by atoms with Crippen molar-refractivity contribution in [1.29, 1.82) is 0 Å². The van der Waals surface area contributed by atoms with Gasteiger partial charge in [0.25, 0.3) is 5.91 Å². The molecule has 1 amide bonds. The molecule has 6 heteroatoms. The van der Waals surface area contributed by atoms with Crippen molar-refractivity contribution < 1.29 is 9.18 Å². The van der Waals surface area contributed by atoms with Gasteiger partial charge in [0.1, 0.15) is 5.82 Å². The number of hydrogen-bond donors (Lipinski definition) is 2. The average Bonchev–Trinajstić information content (AvgIpc) is 2.88. The Morgan fingerprint density at radius 2 is 2.09 bits per heavy atom. The number of rotatable bonds is 1. The van der Waals surface area contributed by atoms with Crippen molar-refractivity contribution in [3.8, 4) is 0 Å². The Bertz CT molecular complexity index is 889. The standard InChI is InChI=1S/C17H15FN4O/c18-12-6-5-11-10-22(8-7-19-15(11)9-12)17(23)16-13-3-1-2-4-14(13)20-21-16/h1-6,9,19H,7-8,10H2,(H,20,21). The van der Waals surface area contributed by atoms with E-state index in [-0.39, 0.29) is 11.7 Å². The molecule has 1 aliphatic rings. The highest BCUT2D eigenvalue weighted by atomic mass is 19.1. The largest absolute Gasteiger partial charge is 0.383 e. The van der Waals surface area contributed by atoms with Crippen molar-refractivity contribution in [3.63, 3.8) is 0 Å². The van der Waals surface area contributed by atoms with Crippen LogP contribution in [0, 0.1) is 5.82 Å². The number of carbonyl (C=O) groups is 1. The number of aromatic amines is 1. The van der Waals surface area contributed by atoms with Crippen LogP contribution in [0.15, 0.2) is 42.5 Å². The Hall–Kier alpha value is -2.89. The highest BCUT2D eigenvalue weighted by molar-refractivity contribution is 6.04. The molecule has 0 unspecified atom stereocenters. The van der Waals surface area contributed by atoms with Crippen LogP contribution in [-0.2, 0) is 6.54 Å². The fourth-order valence-electron chi connectivity index (χ4n) is 2.91. The van der Waals surface area contributed by atoms with Crippen LogP contribution in [0.5, 0.6) is 0 Å². The average molecular weight is 310 g/mol. The Balaban J connectivity index is 1.67. The van der Waals surface area contributed by atoms with Gasteiger partial charge in [-0.2, -0.15) is 5.10 Å².